The van der Waals surface area contributed by atoms with Crippen LogP contribution in [-0.4, -0.2) is 31.6 Å². The van der Waals surface area contributed by atoms with Gasteiger partial charge in [-0.15, -0.1) is 0 Å². The van der Waals surface area contributed by atoms with Gasteiger partial charge in [0.25, 0.3) is 5.56 Å². The lowest BCUT2D eigenvalue weighted by molar-refractivity contribution is 0.415. The average Bonchev–Trinajstić information content (AvgIpc) is 3.22. The highest BCUT2D eigenvalue weighted by atomic mass is 35.5. The lowest BCUT2D eigenvalue weighted by atomic mass is 10.1. The molecule has 0 saturated heterocycles. The first kappa shape index (κ1) is 18.0. The van der Waals surface area contributed by atoms with Crippen LogP contribution in [0.15, 0.2) is 54.0 Å². The number of hydrogen-bond donors (Lipinski definition) is 2. The van der Waals surface area contributed by atoms with Crippen LogP contribution in [-0.2, 0) is 0 Å². The second-order valence-electron chi connectivity index (χ2n) is 6.20. The first-order valence-electron chi connectivity index (χ1n) is 8.53. The largest absolute Gasteiger partial charge is 0.495 e. The second kappa shape index (κ2) is 7.32. The van der Waals surface area contributed by atoms with Crippen molar-refractivity contribution in [1.82, 2.24) is 24.5 Å². The predicted molar refractivity (Wildman–Crippen MR) is 107 cm³/mol. The minimum absolute atomic E-state index is 0.206. The van der Waals surface area contributed by atoms with Crippen LogP contribution in [0.1, 0.15) is 18.5 Å². The second-order valence-corrected chi connectivity index (χ2v) is 6.61. The number of fused-ring (bicyclic) bond motifs is 1. The molecule has 4 rings (SSSR count). The maximum Gasteiger partial charge on any atom is 0.253 e. The van der Waals surface area contributed by atoms with Gasteiger partial charge in [-0.3, -0.25) is 9.36 Å². The van der Waals surface area contributed by atoms with E-state index in [4.69, 9.17) is 16.3 Å². The fourth-order valence-electron chi connectivity index (χ4n) is 2.93. The maximum atomic E-state index is 12.6. The number of H-pyrrole nitrogens is 1. The summed E-state index contributed by atoms with van der Waals surface area (Å²) in [4.78, 5) is 28.2. The number of aromatic nitrogens is 5. The molecule has 9 heteroatoms. The number of ether oxygens (including phenoxy) is 1. The first-order chi connectivity index (χ1) is 13.5. The lowest BCUT2D eigenvalue weighted by Gasteiger charge is -2.15. The van der Waals surface area contributed by atoms with Gasteiger partial charge in [0.1, 0.15) is 17.9 Å². The molecule has 0 amide bonds. The number of benzene rings is 1. The Hall–Kier alpha value is -3.39. The fourth-order valence-corrected chi connectivity index (χ4v) is 3.18. The zero-order valence-corrected chi connectivity index (χ0v) is 15.9. The molecule has 3 heterocycles. The molecule has 2 N–H and O–H groups in total. The molecule has 0 radical (unpaired) electrons. The minimum Gasteiger partial charge on any atom is -0.495 e. The van der Waals surface area contributed by atoms with Crippen molar-refractivity contribution < 1.29 is 4.74 Å². The summed E-state index contributed by atoms with van der Waals surface area (Å²) >= 11 is 6.21. The van der Waals surface area contributed by atoms with Crippen LogP contribution in [0.3, 0.4) is 0 Å². The number of methoxy groups -OCH3 is 1. The van der Waals surface area contributed by atoms with Gasteiger partial charge in [0.15, 0.2) is 0 Å². The first-order valence-corrected chi connectivity index (χ1v) is 8.91. The SMILES string of the molecule is COc1cc2[nH]c(=O)c([C@H](C)Nc3nccc(-n4ccnc4)n3)cc2cc1Cl. The van der Waals surface area contributed by atoms with Crippen LogP contribution in [0.5, 0.6) is 5.75 Å². The number of rotatable bonds is 5. The molecule has 28 heavy (non-hydrogen) atoms. The Bertz CT molecular complexity index is 1190. The molecule has 142 valence electrons. The van der Waals surface area contributed by atoms with Crippen LogP contribution >= 0.6 is 11.6 Å². The highest BCUT2D eigenvalue weighted by Gasteiger charge is 2.14. The van der Waals surface area contributed by atoms with Crippen molar-refractivity contribution in [3.63, 3.8) is 0 Å². The van der Waals surface area contributed by atoms with Crippen LogP contribution in [0.4, 0.5) is 5.95 Å². The number of nitrogens with zero attached hydrogens (tertiary/aromatic N) is 4. The molecule has 0 fully saturated rings. The number of anilines is 1. The third-order valence-electron chi connectivity index (χ3n) is 4.37. The zero-order chi connectivity index (χ0) is 19.7. The number of pyridine rings is 1. The Kier molecular flexibility index (Phi) is 4.70. The third kappa shape index (κ3) is 3.41. The fraction of sp³-hybridized carbons (Fsp3) is 0.158. The van der Waals surface area contributed by atoms with E-state index in [1.54, 1.807) is 53.8 Å². The minimum atomic E-state index is -0.327. The molecule has 0 aliphatic heterocycles. The van der Waals surface area contributed by atoms with Gasteiger partial charge in [-0.1, -0.05) is 11.6 Å². The van der Waals surface area contributed by atoms with Gasteiger partial charge >= 0.3 is 0 Å². The normalized spacial score (nSPS) is 12.1. The maximum absolute atomic E-state index is 12.6. The predicted octanol–water partition coefficient (Wildman–Crippen LogP) is 3.34. The van der Waals surface area contributed by atoms with Crippen molar-refractivity contribution in [3.8, 4) is 11.6 Å². The number of imidazole rings is 1. The van der Waals surface area contributed by atoms with Crippen LogP contribution < -0.4 is 15.6 Å². The summed E-state index contributed by atoms with van der Waals surface area (Å²) in [7, 11) is 1.53. The third-order valence-corrected chi connectivity index (χ3v) is 4.66. The van der Waals surface area contributed by atoms with E-state index in [9.17, 15) is 4.79 Å². The Morgan fingerprint density at radius 3 is 2.89 bits per heavy atom. The number of hydrogen-bond acceptors (Lipinski definition) is 6. The molecule has 1 atom stereocenters. The Labute approximate surface area is 165 Å². The van der Waals surface area contributed by atoms with Gasteiger partial charge in [0, 0.05) is 35.6 Å². The van der Waals surface area contributed by atoms with Gasteiger partial charge in [0.2, 0.25) is 5.95 Å². The molecule has 1 aromatic carbocycles. The van der Waals surface area contributed by atoms with E-state index in [2.05, 4.69) is 25.3 Å². The molecule has 0 aliphatic carbocycles. The summed E-state index contributed by atoms with van der Waals surface area (Å²) in [6.07, 6.45) is 6.77. The summed E-state index contributed by atoms with van der Waals surface area (Å²) in [6, 6.07) is 6.72. The molecule has 3 aromatic heterocycles. The van der Waals surface area contributed by atoms with Crippen LogP contribution in [0.25, 0.3) is 16.7 Å². The van der Waals surface area contributed by atoms with Crippen molar-refractivity contribution in [2.24, 2.45) is 0 Å². The molecule has 4 aromatic rings. The standard InChI is InChI=1S/C19H17ClN6O2/c1-11(23-19-22-4-3-17(25-19)26-6-5-21-10-26)13-7-12-8-14(20)16(28-2)9-15(12)24-18(13)27/h3-11H,1-2H3,(H,24,27)(H,22,23,25)/t11-/m0/s1. The highest BCUT2D eigenvalue weighted by Crippen LogP contribution is 2.29. The lowest BCUT2D eigenvalue weighted by Crippen LogP contribution is -2.20. The number of aromatic amines is 1. The van der Waals surface area contributed by atoms with Crippen molar-refractivity contribution in [3.05, 3.63) is 70.1 Å². The van der Waals surface area contributed by atoms with Gasteiger partial charge in [-0.05, 0) is 25.1 Å². The molecule has 0 bridgehead atoms. The highest BCUT2D eigenvalue weighted by molar-refractivity contribution is 6.32. The number of nitrogens with one attached hydrogen (secondary N) is 2. The van der Waals surface area contributed by atoms with Crippen LogP contribution in [0.2, 0.25) is 5.02 Å². The van der Waals surface area contributed by atoms with E-state index in [0.717, 1.165) is 5.39 Å². The molecular formula is C19H17ClN6O2. The topological polar surface area (TPSA) is 97.7 Å². The molecular weight excluding hydrogens is 380 g/mol. The summed E-state index contributed by atoms with van der Waals surface area (Å²) in [5, 5.41) is 4.45. The zero-order valence-electron chi connectivity index (χ0n) is 15.2. The van der Waals surface area contributed by atoms with Gasteiger partial charge < -0.3 is 15.0 Å². The molecule has 0 aliphatic rings. The smallest absolute Gasteiger partial charge is 0.253 e. The average molecular weight is 397 g/mol. The summed E-state index contributed by atoms with van der Waals surface area (Å²) < 4.78 is 6.98. The van der Waals surface area contributed by atoms with Crippen molar-refractivity contribution in [1.29, 1.82) is 0 Å². The van der Waals surface area contributed by atoms with E-state index >= 15 is 0 Å². The molecule has 0 saturated carbocycles. The van der Waals surface area contributed by atoms with E-state index in [-0.39, 0.29) is 11.6 Å². The van der Waals surface area contributed by atoms with Crippen molar-refractivity contribution in [2.45, 2.75) is 13.0 Å². The van der Waals surface area contributed by atoms with Gasteiger partial charge in [0.05, 0.1) is 23.7 Å². The molecule has 0 spiro atoms. The molecule has 8 nitrogen and oxygen atoms in total. The van der Waals surface area contributed by atoms with Gasteiger partial charge in [-0.2, -0.15) is 4.98 Å². The Morgan fingerprint density at radius 2 is 2.14 bits per heavy atom. The monoisotopic (exact) mass is 396 g/mol. The summed E-state index contributed by atoms with van der Waals surface area (Å²) in [6.45, 7) is 1.87. The van der Waals surface area contributed by atoms with E-state index in [0.29, 0.717) is 33.6 Å². The quantitative estimate of drug-likeness (QED) is 0.537. The Morgan fingerprint density at radius 1 is 1.29 bits per heavy atom. The van der Waals surface area contributed by atoms with Crippen LogP contribution in [0, 0.1) is 0 Å². The molecule has 0 unspecified atom stereocenters. The van der Waals surface area contributed by atoms with E-state index in [1.807, 2.05) is 6.92 Å². The summed E-state index contributed by atoms with van der Waals surface area (Å²) in [5.41, 5.74) is 0.994. The van der Waals surface area contributed by atoms with Crippen molar-refractivity contribution in [2.75, 3.05) is 12.4 Å². The summed E-state index contributed by atoms with van der Waals surface area (Å²) in [5.74, 6) is 1.59. The van der Waals surface area contributed by atoms with Crippen molar-refractivity contribution >= 4 is 28.5 Å². The number of halogens is 1. The Balaban J connectivity index is 1.65. The van der Waals surface area contributed by atoms with E-state index < -0.39 is 0 Å². The van der Waals surface area contributed by atoms with E-state index in [1.165, 1.54) is 7.11 Å². The van der Waals surface area contributed by atoms with Gasteiger partial charge in [-0.25, -0.2) is 9.97 Å².